The lowest BCUT2D eigenvalue weighted by molar-refractivity contribution is 0.113. The van der Waals surface area contributed by atoms with Crippen LogP contribution < -0.4 is 0 Å². The molecule has 0 spiro atoms. The van der Waals surface area contributed by atoms with Crippen molar-refractivity contribution >= 4 is 6.08 Å². The second kappa shape index (κ2) is 11.3. The minimum Gasteiger partial charge on any atom is -0.297 e. The standard InChI is InChI=1S/C30H31N7/c1-23-10-8-11-24(2)28(23)37-30(32-33-34-37)29(27-16-7-6-15-26(27)22-31)36-20-18-35(19-21-36)17-9-14-25-12-4-3-5-13-25/h3-16,29H,17-21H2,1-2H3/t29-/m0/s1. The van der Waals surface area contributed by atoms with Gasteiger partial charge in [0, 0.05) is 32.7 Å². The van der Waals surface area contributed by atoms with Crippen LogP contribution in [0.25, 0.3) is 11.8 Å². The molecule has 4 aromatic rings. The molecule has 1 aromatic heterocycles. The Kier molecular flexibility index (Phi) is 7.50. The van der Waals surface area contributed by atoms with E-state index in [0.717, 1.165) is 60.9 Å². The van der Waals surface area contributed by atoms with Gasteiger partial charge in [0.05, 0.1) is 23.4 Å². The summed E-state index contributed by atoms with van der Waals surface area (Å²) >= 11 is 0. The van der Waals surface area contributed by atoms with Crippen molar-refractivity contribution in [3.05, 3.63) is 113 Å². The molecule has 1 atom stereocenters. The van der Waals surface area contributed by atoms with Gasteiger partial charge in [-0.3, -0.25) is 9.80 Å². The summed E-state index contributed by atoms with van der Waals surface area (Å²) < 4.78 is 1.86. The fourth-order valence-electron chi connectivity index (χ4n) is 5.11. The van der Waals surface area contributed by atoms with Gasteiger partial charge < -0.3 is 0 Å². The molecular formula is C30H31N7. The van der Waals surface area contributed by atoms with Crippen LogP contribution in [0.3, 0.4) is 0 Å². The van der Waals surface area contributed by atoms with Crippen LogP contribution in [0.15, 0.2) is 78.9 Å². The van der Waals surface area contributed by atoms with Crippen LogP contribution in [0.2, 0.25) is 0 Å². The summed E-state index contributed by atoms with van der Waals surface area (Å²) in [7, 11) is 0. The van der Waals surface area contributed by atoms with E-state index >= 15 is 0 Å². The van der Waals surface area contributed by atoms with E-state index in [2.05, 4.69) is 93.8 Å². The summed E-state index contributed by atoms with van der Waals surface area (Å²) in [5.74, 6) is 0.734. The first-order chi connectivity index (χ1) is 18.2. The maximum Gasteiger partial charge on any atom is 0.178 e. The van der Waals surface area contributed by atoms with Gasteiger partial charge >= 0.3 is 0 Å². The predicted molar refractivity (Wildman–Crippen MR) is 145 cm³/mol. The Bertz CT molecular complexity index is 1390. The molecule has 37 heavy (non-hydrogen) atoms. The lowest BCUT2D eigenvalue weighted by Crippen LogP contribution is -2.48. The molecule has 7 heteroatoms. The second-order valence-corrected chi connectivity index (χ2v) is 9.44. The van der Waals surface area contributed by atoms with Gasteiger partial charge in [0.1, 0.15) is 0 Å². The molecule has 7 nitrogen and oxygen atoms in total. The molecule has 0 saturated carbocycles. The summed E-state index contributed by atoms with van der Waals surface area (Å²) in [5, 5.41) is 23.0. The van der Waals surface area contributed by atoms with Gasteiger partial charge in [-0.25, -0.2) is 0 Å². The lowest BCUT2D eigenvalue weighted by atomic mass is 9.97. The molecule has 0 bridgehead atoms. The fourth-order valence-corrected chi connectivity index (χ4v) is 5.11. The zero-order valence-electron chi connectivity index (χ0n) is 21.3. The van der Waals surface area contributed by atoms with Crippen molar-refractivity contribution in [3.63, 3.8) is 0 Å². The quantitative estimate of drug-likeness (QED) is 0.379. The average molecular weight is 490 g/mol. The van der Waals surface area contributed by atoms with Gasteiger partial charge in [0.2, 0.25) is 0 Å². The molecule has 0 N–H and O–H groups in total. The van der Waals surface area contributed by atoms with Gasteiger partial charge in [-0.05, 0) is 52.6 Å². The third-order valence-corrected chi connectivity index (χ3v) is 7.01. The van der Waals surface area contributed by atoms with Crippen LogP contribution in [0.5, 0.6) is 0 Å². The van der Waals surface area contributed by atoms with Crippen molar-refractivity contribution in [3.8, 4) is 11.8 Å². The van der Waals surface area contributed by atoms with E-state index in [1.165, 1.54) is 5.56 Å². The molecule has 1 aliphatic rings. The number of piperazine rings is 1. The van der Waals surface area contributed by atoms with Crippen LogP contribution >= 0.6 is 0 Å². The molecule has 5 rings (SSSR count). The molecule has 186 valence electrons. The Morgan fingerprint density at radius 3 is 2.32 bits per heavy atom. The van der Waals surface area contributed by atoms with Crippen molar-refractivity contribution < 1.29 is 0 Å². The Morgan fingerprint density at radius 1 is 0.892 bits per heavy atom. The van der Waals surface area contributed by atoms with Crippen molar-refractivity contribution in [1.82, 2.24) is 30.0 Å². The number of nitriles is 1. The molecular weight excluding hydrogens is 458 g/mol. The van der Waals surface area contributed by atoms with E-state index in [9.17, 15) is 5.26 Å². The van der Waals surface area contributed by atoms with E-state index in [4.69, 9.17) is 0 Å². The number of tetrazole rings is 1. The SMILES string of the molecule is Cc1cccc(C)c1-n1nnnc1[C@H](c1ccccc1C#N)N1CCN(CC=Cc2ccccc2)CC1. The second-order valence-electron chi connectivity index (χ2n) is 9.44. The number of nitrogens with zero attached hydrogens (tertiary/aromatic N) is 7. The number of aryl methyl sites for hydroxylation is 2. The van der Waals surface area contributed by atoms with Crippen molar-refractivity contribution in [2.75, 3.05) is 32.7 Å². The minimum absolute atomic E-state index is 0.230. The highest BCUT2D eigenvalue weighted by molar-refractivity contribution is 5.49. The average Bonchev–Trinajstić information content (AvgIpc) is 3.39. The Labute approximate surface area is 218 Å². The summed E-state index contributed by atoms with van der Waals surface area (Å²) in [4.78, 5) is 4.86. The third kappa shape index (κ3) is 5.36. The zero-order valence-corrected chi connectivity index (χ0v) is 21.3. The smallest absolute Gasteiger partial charge is 0.178 e. The Morgan fingerprint density at radius 2 is 1.59 bits per heavy atom. The minimum atomic E-state index is -0.230. The van der Waals surface area contributed by atoms with E-state index < -0.39 is 0 Å². The summed E-state index contributed by atoms with van der Waals surface area (Å²) in [6.07, 6.45) is 4.41. The monoisotopic (exact) mass is 489 g/mol. The molecule has 2 heterocycles. The van der Waals surface area contributed by atoms with Crippen LogP contribution in [0, 0.1) is 25.2 Å². The first-order valence-corrected chi connectivity index (χ1v) is 12.7. The molecule has 1 saturated heterocycles. The van der Waals surface area contributed by atoms with E-state index in [-0.39, 0.29) is 6.04 Å². The first-order valence-electron chi connectivity index (χ1n) is 12.7. The van der Waals surface area contributed by atoms with Crippen molar-refractivity contribution in [1.29, 1.82) is 5.26 Å². The van der Waals surface area contributed by atoms with Crippen LogP contribution in [0.1, 0.15) is 39.7 Å². The van der Waals surface area contributed by atoms with Crippen LogP contribution in [-0.4, -0.2) is 62.7 Å². The number of para-hydroxylation sites is 1. The molecule has 1 fully saturated rings. The normalized spacial score (nSPS) is 15.6. The summed E-state index contributed by atoms with van der Waals surface area (Å²) in [6, 6.07) is 26.5. The highest BCUT2D eigenvalue weighted by atomic mass is 15.6. The molecule has 0 aliphatic carbocycles. The highest BCUT2D eigenvalue weighted by Gasteiger charge is 2.32. The maximum atomic E-state index is 9.93. The number of benzene rings is 3. The molecule has 1 aliphatic heterocycles. The van der Waals surface area contributed by atoms with Crippen LogP contribution in [-0.2, 0) is 0 Å². The third-order valence-electron chi connectivity index (χ3n) is 7.01. The van der Waals surface area contributed by atoms with Crippen LogP contribution in [0.4, 0.5) is 0 Å². The van der Waals surface area contributed by atoms with Gasteiger partial charge in [-0.2, -0.15) is 9.94 Å². The largest absolute Gasteiger partial charge is 0.297 e. The topological polar surface area (TPSA) is 73.9 Å². The number of rotatable bonds is 7. The summed E-state index contributed by atoms with van der Waals surface area (Å²) in [5.41, 5.74) is 6.01. The molecule has 3 aromatic carbocycles. The van der Waals surface area contributed by atoms with E-state index in [1.54, 1.807) is 0 Å². The molecule has 0 radical (unpaired) electrons. The summed E-state index contributed by atoms with van der Waals surface area (Å²) in [6.45, 7) is 8.61. The van der Waals surface area contributed by atoms with Crippen molar-refractivity contribution in [2.45, 2.75) is 19.9 Å². The van der Waals surface area contributed by atoms with Gasteiger partial charge in [0.15, 0.2) is 5.82 Å². The lowest BCUT2D eigenvalue weighted by Gasteiger charge is -2.38. The van der Waals surface area contributed by atoms with Crippen molar-refractivity contribution in [2.24, 2.45) is 0 Å². The molecule has 0 unspecified atom stereocenters. The Hall–Kier alpha value is -4.12. The van der Waals surface area contributed by atoms with Gasteiger partial charge in [-0.1, -0.05) is 78.9 Å². The number of hydrogen-bond acceptors (Lipinski definition) is 6. The Balaban J connectivity index is 1.43. The van der Waals surface area contributed by atoms with E-state index in [1.807, 2.05) is 41.1 Å². The predicted octanol–water partition coefficient (Wildman–Crippen LogP) is 4.57. The highest BCUT2D eigenvalue weighted by Crippen LogP contribution is 2.32. The maximum absolute atomic E-state index is 9.93. The molecule has 0 amide bonds. The number of aromatic nitrogens is 4. The zero-order chi connectivity index (χ0) is 25.6. The first kappa shape index (κ1) is 24.6. The van der Waals surface area contributed by atoms with Gasteiger partial charge in [0.25, 0.3) is 0 Å². The van der Waals surface area contributed by atoms with Gasteiger partial charge in [-0.15, -0.1) is 5.10 Å². The van der Waals surface area contributed by atoms with E-state index in [0.29, 0.717) is 5.56 Å². The number of hydrogen-bond donors (Lipinski definition) is 0. The fraction of sp³-hybridized carbons (Fsp3) is 0.267.